The number of hydrogen-bond acceptors (Lipinski definition) is 3. The first-order valence-corrected chi connectivity index (χ1v) is 7.87. The lowest BCUT2D eigenvalue weighted by Crippen LogP contribution is -2.03. The predicted octanol–water partition coefficient (Wildman–Crippen LogP) is 4.50. The number of nitrogens with zero attached hydrogens (tertiary/aromatic N) is 1. The number of para-hydroxylation sites is 2. The van der Waals surface area contributed by atoms with Gasteiger partial charge in [0.05, 0.1) is 16.8 Å². The van der Waals surface area contributed by atoms with Gasteiger partial charge in [-0.1, -0.05) is 35.5 Å². The Morgan fingerprint density at radius 2 is 2.10 bits per heavy atom. The van der Waals surface area contributed by atoms with Crippen molar-refractivity contribution in [2.45, 2.75) is 12.1 Å². The van der Waals surface area contributed by atoms with Gasteiger partial charge in [-0.05, 0) is 42.8 Å². The van der Waals surface area contributed by atoms with Crippen LogP contribution in [0.3, 0.4) is 0 Å². The molecule has 21 heavy (non-hydrogen) atoms. The number of aromatic amines is 1. The fourth-order valence-corrected chi connectivity index (χ4v) is 2.93. The fraction of sp³-hybridized carbons (Fsp3) is 0.125. The number of rotatable bonds is 4. The number of halogens is 1. The third kappa shape index (κ3) is 3.12. The van der Waals surface area contributed by atoms with Crippen LogP contribution in [0.2, 0.25) is 5.02 Å². The highest BCUT2D eigenvalue weighted by Gasteiger charge is 2.10. The van der Waals surface area contributed by atoms with Gasteiger partial charge in [0.1, 0.15) is 0 Å². The quantitative estimate of drug-likeness (QED) is 0.569. The molecule has 0 spiro atoms. The number of carbonyl (C=O) groups excluding carboxylic acids is 1. The summed E-state index contributed by atoms with van der Waals surface area (Å²) in [6.07, 6.45) is 0. The molecule has 0 aliphatic carbocycles. The van der Waals surface area contributed by atoms with Crippen LogP contribution in [0.1, 0.15) is 15.9 Å². The predicted molar refractivity (Wildman–Crippen MR) is 87.3 cm³/mol. The summed E-state index contributed by atoms with van der Waals surface area (Å²) in [4.78, 5) is 19.8. The first kappa shape index (κ1) is 14.2. The molecule has 0 radical (unpaired) electrons. The van der Waals surface area contributed by atoms with Crippen molar-refractivity contribution in [3.63, 3.8) is 0 Å². The van der Waals surface area contributed by atoms with Gasteiger partial charge in [0.2, 0.25) is 0 Å². The second kappa shape index (κ2) is 5.92. The number of aryl methyl sites for hydroxylation is 1. The smallest absolute Gasteiger partial charge is 0.173 e. The summed E-state index contributed by atoms with van der Waals surface area (Å²) in [6.45, 7) is 1.89. The maximum Gasteiger partial charge on any atom is 0.173 e. The lowest BCUT2D eigenvalue weighted by molar-refractivity contribution is 0.102. The average Bonchev–Trinajstić information content (AvgIpc) is 2.90. The summed E-state index contributed by atoms with van der Waals surface area (Å²) >= 11 is 7.38. The van der Waals surface area contributed by atoms with E-state index >= 15 is 0 Å². The van der Waals surface area contributed by atoms with E-state index < -0.39 is 0 Å². The Morgan fingerprint density at radius 1 is 1.29 bits per heavy atom. The van der Waals surface area contributed by atoms with Crippen LogP contribution in [0.15, 0.2) is 47.6 Å². The third-order valence-electron chi connectivity index (χ3n) is 3.19. The molecule has 0 bridgehead atoms. The summed E-state index contributed by atoms with van der Waals surface area (Å²) in [5, 5.41) is 1.44. The molecule has 0 atom stereocenters. The number of fused-ring (bicyclic) bond motifs is 1. The van der Waals surface area contributed by atoms with Crippen LogP contribution >= 0.6 is 23.4 Å². The molecule has 0 saturated heterocycles. The van der Waals surface area contributed by atoms with Gasteiger partial charge in [0.15, 0.2) is 10.9 Å². The van der Waals surface area contributed by atoms with Gasteiger partial charge in [-0.25, -0.2) is 4.98 Å². The highest BCUT2D eigenvalue weighted by molar-refractivity contribution is 7.99. The van der Waals surface area contributed by atoms with E-state index in [0.717, 1.165) is 21.8 Å². The minimum Gasteiger partial charge on any atom is -0.333 e. The molecule has 1 heterocycles. The topological polar surface area (TPSA) is 45.8 Å². The maximum absolute atomic E-state index is 12.2. The van der Waals surface area contributed by atoms with E-state index in [9.17, 15) is 4.79 Å². The minimum atomic E-state index is 0.0697. The molecule has 0 unspecified atom stereocenters. The van der Waals surface area contributed by atoms with Gasteiger partial charge in [-0.2, -0.15) is 0 Å². The van der Waals surface area contributed by atoms with Crippen molar-refractivity contribution in [3.05, 3.63) is 58.6 Å². The molecule has 0 fully saturated rings. The Labute approximate surface area is 131 Å². The number of aromatic nitrogens is 2. The zero-order valence-electron chi connectivity index (χ0n) is 11.4. The Balaban J connectivity index is 1.71. The highest BCUT2D eigenvalue weighted by atomic mass is 35.5. The number of thioether (sulfide) groups is 1. The van der Waals surface area contributed by atoms with Crippen LogP contribution in [0.5, 0.6) is 0 Å². The summed E-state index contributed by atoms with van der Waals surface area (Å²) < 4.78 is 0. The van der Waals surface area contributed by atoms with Crippen molar-refractivity contribution < 1.29 is 4.79 Å². The van der Waals surface area contributed by atoms with Crippen LogP contribution in [-0.4, -0.2) is 21.5 Å². The third-order valence-corrected chi connectivity index (χ3v) is 4.48. The van der Waals surface area contributed by atoms with E-state index in [2.05, 4.69) is 9.97 Å². The molecule has 0 amide bonds. The van der Waals surface area contributed by atoms with Gasteiger partial charge in [0.25, 0.3) is 0 Å². The zero-order valence-corrected chi connectivity index (χ0v) is 13.0. The van der Waals surface area contributed by atoms with Crippen LogP contribution in [0.4, 0.5) is 0 Å². The van der Waals surface area contributed by atoms with E-state index in [1.807, 2.05) is 37.3 Å². The summed E-state index contributed by atoms with van der Waals surface area (Å²) in [5.41, 5.74) is 3.49. The SMILES string of the molecule is Cc1cc(C(=O)CSc2nc3ccccc3[nH]2)ccc1Cl. The molecule has 3 aromatic rings. The molecule has 3 rings (SSSR count). The first-order chi connectivity index (χ1) is 10.1. The van der Waals surface area contributed by atoms with Crippen molar-refractivity contribution in [1.29, 1.82) is 0 Å². The van der Waals surface area contributed by atoms with Gasteiger partial charge in [0, 0.05) is 10.6 Å². The minimum absolute atomic E-state index is 0.0697. The van der Waals surface area contributed by atoms with Gasteiger partial charge >= 0.3 is 0 Å². The number of H-pyrrole nitrogens is 1. The monoisotopic (exact) mass is 316 g/mol. The van der Waals surface area contributed by atoms with E-state index in [1.165, 1.54) is 11.8 Å². The summed E-state index contributed by atoms with van der Waals surface area (Å²) in [7, 11) is 0. The average molecular weight is 317 g/mol. The van der Waals surface area contributed by atoms with Crippen molar-refractivity contribution in [2.24, 2.45) is 0 Å². The molecule has 1 aromatic heterocycles. The van der Waals surface area contributed by atoms with Crippen molar-refractivity contribution >= 4 is 40.2 Å². The standard InChI is InChI=1S/C16H13ClN2OS/c1-10-8-11(6-7-12(10)17)15(20)9-21-16-18-13-4-2-3-5-14(13)19-16/h2-8H,9H2,1H3,(H,18,19). The van der Waals surface area contributed by atoms with E-state index in [1.54, 1.807) is 12.1 Å². The van der Waals surface area contributed by atoms with Crippen LogP contribution < -0.4 is 0 Å². The van der Waals surface area contributed by atoms with Crippen molar-refractivity contribution in [1.82, 2.24) is 9.97 Å². The normalized spacial score (nSPS) is 11.0. The highest BCUT2D eigenvalue weighted by Crippen LogP contribution is 2.22. The Bertz CT molecular complexity index is 780. The summed E-state index contributed by atoms with van der Waals surface area (Å²) in [5.74, 6) is 0.418. The largest absolute Gasteiger partial charge is 0.333 e. The molecule has 3 nitrogen and oxygen atoms in total. The van der Waals surface area contributed by atoms with Crippen LogP contribution in [0, 0.1) is 6.92 Å². The molecular formula is C16H13ClN2OS. The molecular weight excluding hydrogens is 304 g/mol. The number of nitrogens with one attached hydrogen (secondary N) is 1. The Kier molecular flexibility index (Phi) is 3.99. The number of carbonyl (C=O) groups is 1. The number of ketones is 1. The number of benzene rings is 2. The molecule has 1 N–H and O–H groups in total. The lowest BCUT2D eigenvalue weighted by Gasteiger charge is -2.02. The Morgan fingerprint density at radius 3 is 2.86 bits per heavy atom. The van der Waals surface area contributed by atoms with E-state index in [-0.39, 0.29) is 5.78 Å². The Hall–Kier alpha value is -1.78. The second-order valence-corrected chi connectivity index (χ2v) is 6.11. The van der Waals surface area contributed by atoms with Crippen molar-refractivity contribution in [3.8, 4) is 0 Å². The molecule has 0 aliphatic heterocycles. The zero-order chi connectivity index (χ0) is 14.8. The van der Waals surface area contributed by atoms with E-state index in [4.69, 9.17) is 11.6 Å². The molecule has 5 heteroatoms. The van der Waals surface area contributed by atoms with Gasteiger partial charge in [-0.3, -0.25) is 4.79 Å². The summed E-state index contributed by atoms with van der Waals surface area (Å²) in [6, 6.07) is 13.2. The number of Topliss-reactive ketones (excluding diaryl/α,β-unsaturated/α-hetero) is 1. The molecule has 106 valence electrons. The number of imidazole rings is 1. The molecule has 0 saturated carbocycles. The van der Waals surface area contributed by atoms with E-state index in [0.29, 0.717) is 16.3 Å². The fourth-order valence-electron chi connectivity index (χ4n) is 2.03. The molecule has 2 aromatic carbocycles. The number of hydrogen-bond donors (Lipinski definition) is 1. The van der Waals surface area contributed by atoms with Gasteiger partial charge < -0.3 is 4.98 Å². The first-order valence-electron chi connectivity index (χ1n) is 6.50. The van der Waals surface area contributed by atoms with Crippen LogP contribution in [-0.2, 0) is 0 Å². The van der Waals surface area contributed by atoms with Crippen molar-refractivity contribution in [2.75, 3.05) is 5.75 Å². The molecule has 0 aliphatic rings. The maximum atomic E-state index is 12.2. The second-order valence-electron chi connectivity index (χ2n) is 4.73. The van der Waals surface area contributed by atoms with Gasteiger partial charge in [-0.15, -0.1) is 0 Å². The lowest BCUT2D eigenvalue weighted by atomic mass is 10.1. The van der Waals surface area contributed by atoms with Crippen LogP contribution in [0.25, 0.3) is 11.0 Å².